The van der Waals surface area contributed by atoms with E-state index in [0.29, 0.717) is 11.8 Å². The standard InChI is InChI=1S/C19H29N3O2/c1-15(2)17-4-3-5-18(12-17)20-19(23)22-7-6-16(14-22)13-21-8-10-24-11-9-21/h3-5,12,15-16H,6-11,13-14H2,1-2H3,(H,20,23)/t16-/m0/s1. The lowest BCUT2D eigenvalue weighted by Crippen LogP contribution is -2.40. The predicted molar refractivity (Wildman–Crippen MR) is 96.5 cm³/mol. The Morgan fingerprint density at radius 2 is 2.08 bits per heavy atom. The van der Waals surface area contributed by atoms with Crippen LogP contribution < -0.4 is 5.32 Å². The molecule has 0 aliphatic carbocycles. The van der Waals surface area contributed by atoms with Crippen molar-refractivity contribution in [2.45, 2.75) is 26.2 Å². The molecule has 0 spiro atoms. The summed E-state index contributed by atoms with van der Waals surface area (Å²) in [5.74, 6) is 1.04. The van der Waals surface area contributed by atoms with E-state index in [-0.39, 0.29) is 6.03 Å². The second kappa shape index (κ2) is 7.99. The summed E-state index contributed by atoms with van der Waals surface area (Å²) in [4.78, 5) is 16.9. The Hall–Kier alpha value is -1.59. The van der Waals surface area contributed by atoms with E-state index in [9.17, 15) is 4.79 Å². The van der Waals surface area contributed by atoms with Crippen LogP contribution in [-0.2, 0) is 4.74 Å². The minimum Gasteiger partial charge on any atom is -0.379 e. The molecule has 2 aliphatic rings. The van der Waals surface area contributed by atoms with Crippen LogP contribution in [0.3, 0.4) is 0 Å². The number of rotatable bonds is 4. The van der Waals surface area contributed by atoms with Crippen LogP contribution in [0.1, 0.15) is 31.7 Å². The van der Waals surface area contributed by atoms with Gasteiger partial charge in [-0.3, -0.25) is 4.90 Å². The Bertz CT molecular complexity index is 555. The number of ether oxygens (including phenoxy) is 1. The molecule has 2 aliphatic heterocycles. The van der Waals surface area contributed by atoms with Gasteiger partial charge in [0.25, 0.3) is 0 Å². The highest BCUT2D eigenvalue weighted by Crippen LogP contribution is 2.21. The molecule has 2 fully saturated rings. The maximum absolute atomic E-state index is 12.5. The molecule has 132 valence electrons. The van der Waals surface area contributed by atoms with Crippen LogP contribution in [0.5, 0.6) is 0 Å². The first kappa shape index (κ1) is 17.2. The van der Waals surface area contributed by atoms with Crippen molar-refractivity contribution in [2.75, 3.05) is 51.3 Å². The Labute approximate surface area is 145 Å². The summed E-state index contributed by atoms with van der Waals surface area (Å²) in [7, 11) is 0. The third-order valence-corrected chi connectivity index (χ3v) is 5.00. The Morgan fingerprint density at radius 3 is 2.83 bits per heavy atom. The minimum absolute atomic E-state index is 0.0281. The normalized spacial score (nSPS) is 22.1. The molecule has 5 heteroatoms. The number of hydrogen-bond acceptors (Lipinski definition) is 3. The van der Waals surface area contributed by atoms with Gasteiger partial charge in [0.2, 0.25) is 0 Å². The summed E-state index contributed by atoms with van der Waals surface area (Å²) in [6, 6.07) is 8.18. The Morgan fingerprint density at radius 1 is 1.29 bits per heavy atom. The van der Waals surface area contributed by atoms with E-state index in [1.165, 1.54) is 5.56 Å². The zero-order chi connectivity index (χ0) is 16.9. The SMILES string of the molecule is CC(C)c1cccc(NC(=O)N2CC[C@@H](CN3CCOCC3)C2)c1. The number of benzene rings is 1. The third-order valence-electron chi connectivity index (χ3n) is 5.00. The van der Waals surface area contributed by atoms with E-state index in [1.54, 1.807) is 0 Å². The largest absolute Gasteiger partial charge is 0.379 e. The summed E-state index contributed by atoms with van der Waals surface area (Å²) >= 11 is 0. The molecule has 2 saturated heterocycles. The molecule has 2 amide bonds. The monoisotopic (exact) mass is 331 g/mol. The van der Waals surface area contributed by atoms with Gasteiger partial charge in [0.15, 0.2) is 0 Å². The van der Waals surface area contributed by atoms with E-state index in [2.05, 4.69) is 36.2 Å². The number of nitrogens with zero attached hydrogens (tertiary/aromatic N) is 2. The topological polar surface area (TPSA) is 44.8 Å². The number of carbonyl (C=O) groups excluding carboxylic acids is 1. The number of likely N-dealkylation sites (tertiary alicyclic amines) is 1. The van der Waals surface area contributed by atoms with Gasteiger partial charge in [-0.1, -0.05) is 26.0 Å². The lowest BCUT2D eigenvalue weighted by molar-refractivity contribution is 0.0314. The van der Waals surface area contributed by atoms with E-state index in [1.807, 2.05) is 17.0 Å². The van der Waals surface area contributed by atoms with Gasteiger partial charge in [0.1, 0.15) is 0 Å². The van der Waals surface area contributed by atoms with Crippen molar-refractivity contribution in [3.05, 3.63) is 29.8 Å². The number of urea groups is 1. The van der Waals surface area contributed by atoms with Gasteiger partial charge in [0, 0.05) is 38.4 Å². The minimum atomic E-state index is 0.0281. The predicted octanol–water partition coefficient (Wildman–Crippen LogP) is 3.00. The molecule has 2 heterocycles. The smallest absolute Gasteiger partial charge is 0.321 e. The number of anilines is 1. The Kier molecular flexibility index (Phi) is 5.74. The van der Waals surface area contributed by atoms with Crippen molar-refractivity contribution in [3.8, 4) is 0 Å². The molecule has 1 aromatic rings. The molecule has 0 aromatic heterocycles. The number of nitrogens with one attached hydrogen (secondary N) is 1. The van der Waals surface area contributed by atoms with Crippen LogP contribution in [0, 0.1) is 5.92 Å². The van der Waals surface area contributed by atoms with Gasteiger partial charge >= 0.3 is 6.03 Å². The first-order valence-corrected chi connectivity index (χ1v) is 9.08. The second-order valence-corrected chi connectivity index (χ2v) is 7.22. The van der Waals surface area contributed by atoms with Crippen LogP contribution in [0.25, 0.3) is 0 Å². The summed E-state index contributed by atoms with van der Waals surface area (Å²) < 4.78 is 5.40. The fourth-order valence-electron chi connectivity index (χ4n) is 3.49. The molecule has 24 heavy (non-hydrogen) atoms. The van der Waals surface area contributed by atoms with E-state index < -0.39 is 0 Å². The average molecular weight is 331 g/mol. The lowest BCUT2D eigenvalue weighted by Gasteiger charge is -2.29. The van der Waals surface area contributed by atoms with Crippen molar-refractivity contribution in [2.24, 2.45) is 5.92 Å². The molecule has 0 bridgehead atoms. The first-order chi connectivity index (χ1) is 11.6. The number of carbonyl (C=O) groups is 1. The zero-order valence-electron chi connectivity index (χ0n) is 14.8. The summed E-state index contributed by atoms with van der Waals surface area (Å²) in [5.41, 5.74) is 2.14. The maximum atomic E-state index is 12.5. The van der Waals surface area contributed by atoms with Gasteiger partial charge in [-0.2, -0.15) is 0 Å². The van der Waals surface area contributed by atoms with Gasteiger partial charge in [-0.05, 0) is 36.0 Å². The van der Waals surface area contributed by atoms with Crippen LogP contribution >= 0.6 is 0 Å². The summed E-state index contributed by atoms with van der Waals surface area (Å²) in [5, 5.41) is 3.06. The molecular formula is C19H29N3O2. The van der Waals surface area contributed by atoms with Crippen molar-refractivity contribution in [3.63, 3.8) is 0 Å². The highest BCUT2D eigenvalue weighted by Gasteiger charge is 2.28. The molecule has 5 nitrogen and oxygen atoms in total. The second-order valence-electron chi connectivity index (χ2n) is 7.22. The lowest BCUT2D eigenvalue weighted by atomic mass is 10.0. The molecule has 1 atom stereocenters. The zero-order valence-corrected chi connectivity index (χ0v) is 14.8. The van der Waals surface area contributed by atoms with Crippen molar-refractivity contribution in [1.29, 1.82) is 0 Å². The van der Waals surface area contributed by atoms with Crippen LogP contribution in [0.15, 0.2) is 24.3 Å². The van der Waals surface area contributed by atoms with E-state index >= 15 is 0 Å². The number of hydrogen-bond donors (Lipinski definition) is 1. The van der Waals surface area contributed by atoms with Crippen LogP contribution in [-0.4, -0.2) is 61.8 Å². The summed E-state index contributed by atoms with van der Waals surface area (Å²) in [6.07, 6.45) is 1.09. The molecule has 1 aromatic carbocycles. The van der Waals surface area contributed by atoms with Crippen molar-refractivity contribution < 1.29 is 9.53 Å². The Balaban J connectivity index is 1.50. The molecule has 1 N–H and O–H groups in total. The number of amides is 2. The maximum Gasteiger partial charge on any atom is 0.321 e. The average Bonchev–Trinajstić information content (AvgIpc) is 3.04. The van der Waals surface area contributed by atoms with Crippen LogP contribution in [0.4, 0.5) is 10.5 Å². The first-order valence-electron chi connectivity index (χ1n) is 9.08. The molecule has 0 unspecified atom stereocenters. The fourth-order valence-corrected chi connectivity index (χ4v) is 3.49. The van der Waals surface area contributed by atoms with Gasteiger partial charge < -0.3 is 15.0 Å². The summed E-state index contributed by atoms with van der Waals surface area (Å²) in [6.45, 7) is 10.8. The highest BCUT2D eigenvalue weighted by molar-refractivity contribution is 5.89. The van der Waals surface area contributed by atoms with Gasteiger partial charge in [-0.15, -0.1) is 0 Å². The number of morpholine rings is 1. The molecule has 3 rings (SSSR count). The van der Waals surface area contributed by atoms with Gasteiger partial charge in [-0.25, -0.2) is 4.79 Å². The van der Waals surface area contributed by atoms with Crippen LogP contribution in [0.2, 0.25) is 0 Å². The van der Waals surface area contributed by atoms with Gasteiger partial charge in [0.05, 0.1) is 13.2 Å². The van der Waals surface area contributed by atoms with Crippen molar-refractivity contribution in [1.82, 2.24) is 9.80 Å². The van der Waals surface area contributed by atoms with E-state index in [0.717, 1.165) is 58.0 Å². The van der Waals surface area contributed by atoms with Crippen molar-refractivity contribution >= 4 is 11.7 Å². The highest BCUT2D eigenvalue weighted by atomic mass is 16.5. The molecule has 0 saturated carbocycles. The molecular weight excluding hydrogens is 302 g/mol. The third kappa shape index (κ3) is 4.48. The quantitative estimate of drug-likeness (QED) is 0.922. The fraction of sp³-hybridized carbons (Fsp3) is 0.632. The van der Waals surface area contributed by atoms with E-state index in [4.69, 9.17) is 4.74 Å². The molecule has 0 radical (unpaired) electrons.